The van der Waals surface area contributed by atoms with E-state index in [9.17, 15) is 0 Å². The number of thioether (sulfide) groups is 2. The third-order valence-electron chi connectivity index (χ3n) is 2.87. The number of aliphatic hydroxyl groups excluding tert-OH is 1. The van der Waals surface area contributed by atoms with Crippen LogP contribution in [-0.4, -0.2) is 11.7 Å². The van der Waals surface area contributed by atoms with E-state index in [1.54, 1.807) is 23.5 Å². The van der Waals surface area contributed by atoms with Gasteiger partial charge in [-0.3, -0.25) is 0 Å². The second-order valence-electron chi connectivity index (χ2n) is 4.31. The molecule has 2 nitrogen and oxygen atoms in total. The zero-order chi connectivity index (χ0) is 13.8. The van der Waals surface area contributed by atoms with Gasteiger partial charge in [0.25, 0.3) is 0 Å². The molecule has 0 aromatic heterocycles. The lowest BCUT2D eigenvalue weighted by atomic mass is 10.2. The Morgan fingerprint density at radius 1 is 0.950 bits per heavy atom. The van der Waals surface area contributed by atoms with Gasteiger partial charge in [-0.2, -0.15) is 0 Å². The highest BCUT2D eigenvalue weighted by atomic mass is 32.2. The normalized spacial score (nSPS) is 17.9. The Bertz CT molecular complexity index is 594. The van der Waals surface area contributed by atoms with E-state index < -0.39 is 0 Å². The Labute approximate surface area is 126 Å². The van der Waals surface area contributed by atoms with Crippen LogP contribution < -0.4 is 4.74 Å². The smallest absolute Gasteiger partial charge is 0.127 e. The van der Waals surface area contributed by atoms with Crippen LogP contribution in [0.3, 0.4) is 0 Å². The van der Waals surface area contributed by atoms with E-state index in [0.717, 1.165) is 16.4 Å². The van der Waals surface area contributed by atoms with Gasteiger partial charge in [-0.05, 0) is 35.2 Å². The highest BCUT2D eigenvalue weighted by Gasteiger charge is 2.19. The van der Waals surface area contributed by atoms with Crippen molar-refractivity contribution in [2.24, 2.45) is 0 Å². The molecule has 1 atom stereocenters. The fraction of sp³-hybridized carbons (Fsp3) is 0.125. The van der Waals surface area contributed by atoms with Gasteiger partial charge < -0.3 is 9.84 Å². The fourth-order valence-electron chi connectivity index (χ4n) is 1.87. The van der Waals surface area contributed by atoms with Gasteiger partial charge in [-0.15, -0.1) is 23.5 Å². The molecule has 0 amide bonds. The minimum Gasteiger partial charge on any atom is -0.457 e. The van der Waals surface area contributed by atoms with Crippen molar-refractivity contribution in [1.29, 1.82) is 0 Å². The molecule has 0 radical (unpaired) electrons. The Balaban J connectivity index is 1.66. The van der Waals surface area contributed by atoms with Crippen molar-refractivity contribution in [3.05, 3.63) is 70.5 Å². The average Bonchev–Trinajstić information content (AvgIpc) is 2.98. The predicted molar refractivity (Wildman–Crippen MR) is 86.0 cm³/mol. The van der Waals surface area contributed by atoms with Gasteiger partial charge in [-0.25, -0.2) is 0 Å². The van der Waals surface area contributed by atoms with Crippen LogP contribution in [0.5, 0.6) is 11.5 Å². The molecule has 2 aromatic carbocycles. The first-order chi connectivity index (χ1) is 9.85. The van der Waals surface area contributed by atoms with Gasteiger partial charge in [-0.1, -0.05) is 30.3 Å². The SMILES string of the molecule is OCC1=CSC(c2ccc(Oc3ccccc3)cc2)S1. The standard InChI is InChI=1S/C16H14O2S2/c17-10-15-11-19-16(20-15)12-6-8-14(9-7-12)18-13-4-2-1-3-5-13/h1-9,11,16-17H,10H2. The number of ether oxygens (including phenoxy) is 1. The van der Waals surface area contributed by atoms with Crippen LogP contribution in [0.15, 0.2) is 64.9 Å². The minimum absolute atomic E-state index is 0.128. The number of benzene rings is 2. The molecule has 0 aliphatic carbocycles. The van der Waals surface area contributed by atoms with Crippen LogP contribution in [0.25, 0.3) is 0 Å². The summed E-state index contributed by atoms with van der Waals surface area (Å²) >= 11 is 3.44. The topological polar surface area (TPSA) is 29.5 Å². The van der Waals surface area contributed by atoms with Gasteiger partial charge in [0.05, 0.1) is 11.2 Å². The second-order valence-corrected chi connectivity index (χ2v) is 6.82. The Kier molecular flexibility index (Phi) is 4.35. The summed E-state index contributed by atoms with van der Waals surface area (Å²) in [6.07, 6.45) is 0. The number of rotatable bonds is 4. The largest absolute Gasteiger partial charge is 0.457 e. The first-order valence-electron chi connectivity index (χ1n) is 6.30. The van der Waals surface area contributed by atoms with Crippen molar-refractivity contribution in [3.63, 3.8) is 0 Å². The lowest BCUT2D eigenvalue weighted by Crippen LogP contribution is -1.88. The van der Waals surface area contributed by atoms with Crippen LogP contribution in [0.2, 0.25) is 0 Å². The van der Waals surface area contributed by atoms with E-state index >= 15 is 0 Å². The molecule has 1 unspecified atom stereocenters. The molecule has 102 valence electrons. The van der Waals surface area contributed by atoms with E-state index in [0.29, 0.717) is 4.58 Å². The third kappa shape index (κ3) is 3.20. The summed E-state index contributed by atoms with van der Waals surface area (Å²) in [4.78, 5) is 1.03. The fourth-order valence-corrected chi connectivity index (χ4v) is 4.32. The van der Waals surface area contributed by atoms with Crippen molar-refractivity contribution in [2.45, 2.75) is 4.58 Å². The summed E-state index contributed by atoms with van der Waals surface area (Å²) in [5.41, 5.74) is 1.24. The zero-order valence-electron chi connectivity index (χ0n) is 10.7. The Morgan fingerprint density at radius 2 is 1.65 bits per heavy atom. The molecule has 0 fully saturated rings. The third-order valence-corrected chi connectivity index (χ3v) is 5.62. The van der Waals surface area contributed by atoms with Crippen LogP contribution in [0.1, 0.15) is 10.1 Å². The van der Waals surface area contributed by atoms with E-state index in [1.165, 1.54) is 5.56 Å². The summed E-state index contributed by atoms with van der Waals surface area (Å²) in [5, 5.41) is 11.1. The predicted octanol–water partition coefficient (Wildman–Crippen LogP) is 4.79. The maximum Gasteiger partial charge on any atom is 0.127 e. The van der Waals surface area contributed by atoms with Crippen molar-refractivity contribution >= 4 is 23.5 Å². The molecule has 0 saturated carbocycles. The van der Waals surface area contributed by atoms with Gasteiger partial charge in [0, 0.05) is 4.91 Å². The monoisotopic (exact) mass is 302 g/mol. The molecular formula is C16H14O2S2. The van der Waals surface area contributed by atoms with Crippen molar-refractivity contribution < 1.29 is 9.84 Å². The second kappa shape index (κ2) is 6.39. The van der Waals surface area contributed by atoms with E-state index in [2.05, 4.69) is 12.1 Å². The van der Waals surface area contributed by atoms with Crippen LogP contribution in [0, 0.1) is 0 Å². The molecule has 1 heterocycles. The van der Waals surface area contributed by atoms with Crippen molar-refractivity contribution in [3.8, 4) is 11.5 Å². The first-order valence-corrected chi connectivity index (χ1v) is 8.12. The molecule has 0 spiro atoms. The summed E-state index contributed by atoms with van der Waals surface area (Å²) in [5.74, 6) is 1.68. The average molecular weight is 302 g/mol. The summed E-state index contributed by atoms with van der Waals surface area (Å²) < 4.78 is 6.11. The van der Waals surface area contributed by atoms with Gasteiger partial charge in [0.1, 0.15) is 11.5 Å². The van der Waals surface area contributed by atoms with Crippen molar-refractivity contribution in [1.82, 2.24) is 0 Å². The number of aliphatic hydroxyl groups is 1. The molecule has 1 N–H and O–H groups in total. The molecule has 0 bridgehead atoms. The Hall–Kier alpha value is -1.36. The number of hydrogen-bond donors (Lipinski definition) is 1. The summed E-state index contributed by atoms with van der Waals surface area (Å²) in [7, 11) is 0. The maximum absolute atomic E-state index is 9.12. The quantitative estimate of drug-likeness (QED) is 0.879. The number of hydrogen-bond acceptors (Lipinski definition) is 4. The number of para-hydroxylation sites is 1. The molecule has 1 aliphatic rings. The van der Waals surface area contributed by atoms with E-state index in [1.807, 2.05) is 47.9 Å². The highest BCUT2D eigenvalue weighted by molar-refractivity contribution is 8.22. The van der Waals surface area contributed by atoms with Gasteiger partial charge >= 0.3 is 0 Å². The molecular weight excluding hydrogens is 288 g/mol. The van der Waals surface area contributed by atoms with E-state index in [-0.39, 0.29) is 6.61 Å². The molecule has 4 heteroatoms. The molecule has 20 heavy (non-hydrogen) atoms. The van der Waals surface area contributed by atoms with Crippen LogP contribution in [0.4, 0.5) is 0 Å². The van der Waals surface area contributed by atoms with Crippen molar-refractivity contribution in [2.75, 3.05) is 6.61 Å². The van der Waals surface area contributed by atoms with Crippen LogP contribution in [-0.2, 0) is 0 Å². The van der Waals surface area contributed by atoms with Gasteiger partial charge in [0.2, 0.25) is 0 Å². The molecule has 0 saturated heterocycles. The maximum atomic E-state index is 9.12. The molecule has 3 rings (SSSR count). The zero-order valence-corrected chi connectivity index (χ0v) is 12.4. The minimum atomic E-state index is 0.128. The summed E-state index contributed by atoms with van der Waals surface area (Å²) in [6.45, 7) is 0.128. The molecule has 1 aliphatic heterocycles. The first kappa shape index (κ1) is 13.6. The lowest BCUT2D eigenvalue weighted by molar-refractivity contribution is 0.340. The van der Waals surface area contributed by atoms with Gasteiger partial charge in [0.15, 0.2) is 0 Å². The molecule has 2 aromatic rings. The lowest BCUT2D eigenvalue weighted by Gasteiger charge is -2.10. The van der Waals surface area contributed by atoms with E-state index in [4.69, 9.17) is 9.84 Å². The summed E-state index contributed by atoms with van der Waals surface area (Å²) in [6, 6.07) is 17.9. The van der Waals surface area contributed by atoms with Crippen LogP contribution >= 0.6 is 23.5 Å². The Morgan fingerprint density at radius 3 is 2.30 bits per heavy atom. The highest BCUT2D eigenvalue weighted by Crippen LogP contribution is 2.50.